The lowest BCUT2D eigenvalue weighted by Crippen LogP contribution is -2.16. The Morgan fingerprint density at radius 2 is 2.40 bits per heavy atom. The molecule has 2 rings (SSSR count). The van der Waals surface area contributed by atoms with Gasteiger partial charge in [-0.3, -0.25) is 0 Å². The Kier molecular flexibility index (Phi) is 3.61. The molecule has 0 radical (unpaired) electrons. The molecule has 0 bridgehead atoms. The van der Waals surface area contributed by atoms with E-state index in [0.29, 0.717) is 6.04 Å². The fraction of sp³-hybridized carbons (Fsp3) is 0.273. The Bertz CT molecular complexity index is 410. The van der Waals surface area contributed by atoms with E-state index in [9.17, 15) is 0 Å². The van der Waals surface area contributed by atoms with Crippen LogP contribution in [0.5, 0.6) is 0 Å². The van der Waals surface area contributed by atoms with Crippen LogP contribution >= 0.6 is 27.3 Å². The lowest BCUT2D eigenvalue weighted by atomic mass is 10.2. The summed E-state index contributed by atoms with van der Waals surface area (Å²) in [6.07, 6.45) is 1.69. The average Bonchev–Trinajstić information content (AvgIpc) is 2.85. The molecule has 0 aromatic carbocycles. The summed E-state index contributed by atoms with van der Waals surface area (Å²) in [7, 11) is 0. The highest BCUT2D eigenvalue weighted by atomic mass is 79.9. The molecule has 0 unspecified atom stereocenters. The molecule has 0 fully saturated rings. The second kappa shape index (κ2) is 4.96. The molecule has 0 aliphatic carbocycles. The van der Waals surface area contributed by atoms with E-state index in [1.54, 1.807) is 17.6 Å². The van der Waals surface area contributed by atoms with Crippen molar-refractivity contribution >= 4 is 27.3 Å². The largest absolute Gasteiger partial charge is 0.467 e. The van der Waals surface area contributed by atoms with Crippen molar-refractivity contribution in [1.82, 2.24) is 5.32 Å². The topological polar surface area (TPSA) is 25.2 Å². The third-order valence-corrected chi connectivity index (χ3v) is 3.99. The Labute approximate surface area is 101 Å². The molecule has 1 N–H and O–H groups in total. The minimum atomic E-state index is 0.363. The van der Waals surface area contributed by atoms with Crippen LogP contribution in [0.15, 0.2) is 38.7 Å². The Balaban J connectivity index is 1.91. The molecule has 0 aliphatic heterocycles. The van der Waals surface area contributed by atoms with E-state index in [4.69, 9.17) is 4.42 Å². The molecule has 2 nitrogen and oxygen atoms in total. The van der Waals surface area contributed by atoms with Gasteiger partial charge in [0.2, 0.25) is 0 Å². The standard InChI is InChI=1S/C11H12BrNOS/c1-8(11-3-2-6-15-11)13-7-10-9(12)4-5-14-10/h2-6,8,13H,7H2,1H3/t8-/m1/s1. The Morgan fingerprint density at radius 1 is 1.53 bits per heavy atom. The third-order valence-electron chi connectivity index (χ3n) is 2.23. The second-order valence-corrected chi connectivity index (χ2v) is 5.14. The molecule has 2 heterocycles. The van der Waals surface area contributed by atoms with E-state index in [0.717, 1.165) is 16.8 Å². The first-order valence-corrected chi connectivity index (χ1v) is 6.43. The highest BCUT2D eigenvalue weighted by Crippen LogP contribution is 2.21. The number of furan rings is 1. The van der Waals surface area contributed by atoms with Gasteiger partial charge in [-0.25, -0.2) is 0 Å². The van der Waals surface area contributed by atoms with Gasteiger partial charge in [-0.1, -0.05) is 6.07 Å². The molecule has 2 aromatic heterocycles. The van der Waals surface area contributed by atoms with Crippen molar-refractivity contribution in [1.29, 1.82) is 0 Å². The highest BCUT2D eigenvalue weighted by Gasteiger charge is 2.08. The molecular formula is C11H12BrNOS. The smallest absolute Gasteiger partial charge is 0.131 e. The second-order valence-electron chi connectivity index (χ2n) is 3.31. The number of rotatable bonds is 4. The van der Waals surface area contributed by atoms with Crippen molar-refractivity contribution in [2.75, 3.05) is 0 Å². The zero-order valence-electron chi connectivity index (χ0n) is 8.37. The zero-order valence-corrected chi connectivity index (χ0v) is 10.8. The predicted molar refractivity (Wildman–Crippen MR) is 66.0 cm³/mol. The molecule has 1 atom stereocenters. The summed E-state index contributed by atoms with van der Waals surface area (Å²) in [5.74, 6) is 0.943. The van der Waals surface area contributed by atoms with Gasteiger partial charge in [0.25, 0.3) is 0 Å². The number of thiophene rings is 1. The maximum atomic E-state index is 5.33. The van der Waals surface area contributed by atoms with Crippen molar-refractivity contribution < 1.29 is 4.42 Å². The maximum Gasteiger partial charge on any atom is 0.131 e. The Morgan fingerprint density at radius 3 is 3.00 bits per heavy atom. The van der Waals surface area contributed by atoms with Gasteiger partial charge in [0, 0.05) is 10.9 Å². The van der Waals surface area contributed by atoms with E-state index in [2.05, 4.69) is 45.7 Å². The summed E-state index contributed by atoms with van der Waals surface area (Å²) in [6, 6.07) is 6.48. The van der Waals surface area contributed by atoms with Gasteiger partial charge in [0.1, 0.15) is 5.76 Å². The first-order valence-electron chi connectivity index (χ1n) is 4.76. The molecule has 2 aromatic rings. The fourth-order valence-electron chi connectivity index (χ4n) is 1.34. The van der Waals surface area contributed by atoms with Crippen LogP contribution in [0.2, 0.25) is 0 Å². The first kappa shape index (κ1) is 10.9. The maximum absolute atomic E-state index is 5.33. The van der Waals surface area contributed by atoms with E-state index in [-0.39, 0.29) is 0 Å². The number of nitrogens with one attached hydrogen (secondary N) is 1. The fourth-order valence-corrected chi connectivity index (χ4v) is 2.44. The van der Waals surface area contributed by atoms with Crippen LogP contribution in [-0.2, 0) is 6.54 Å². The first-order chi connectivity index (χ1) is 7.27. The summed E-state index contributed by atoms with van der Waals surface area (Å²) < 4.78 is 6.35. The van der Waals surface area contributed by atoms with Crippen molar-refractivity contribution in [3.05, 3.63) is 45.0 Å². The normalized spacial score (nSPS) is 12.9. The molecule has 15 heavy (non-hydrogen) atoms. The minimum Gasteiger partial charge on any atom is -0.467 e. The Hall–Kier alpha value is -0.580. The summed E-state index contributed by atoms with van der Waals surface area (Å²) in [4.78, 5) is 1.35. The van der Waals surface area contributed by atoms with Crippen molar-refractivity contribution in [2.24, 2.45) is 0 Å². The van der Waals surface area contributed by atoms with E-state index in [1.807, 2.05) is 6.07 Å². The summed E-state index contributed by atoms with van der Waals surface area (Å²) in [5.41, 5.74) is 0. The van der Waals surface area contributed by atoms with Crippen molar-refractivity contribution in [3.8, 4) is 0 Å². The lowest BCUT2D eigenvalue weighted by Gasteiger charge is -2.10. The summed E-state index contributed by atoms with van der Waals surface area (Å²) in [5, 5.41) is 5.51. The van der Waals surface area contributed by atoms with Crippen LogP contribution in [0.25, 0.3) is 0 Å². The monoisotopic (exact) mass is 285 g/mol. The number of halogens is 1. The van der Waals surface area contributed by atoms with Crippen molar-refractivity contribution in [2.45, 2.75) is 19.5 Å². The number of hydrogen-bond acceptors (Lipinski definition) is 3. The van der Waals surface area contributed by atoms with Crippen LogP contribution in [0.1, 0.15) is 23.6 Å². The van der Waals surface area contributed by atoms with Gasteiger partial charge in [-0.2, -0.15) is 0 Å². The molecule has 4 heteroatoms. The number of hydrogen-bond donors (Lipinski definition) is 1. The van der Waals surface area contributed by atoms with Crippen LogP contribution < -0.4 is 5.32 Å². The SMILES string of the molecule is C[C@@H](NCc1occc1Br)c1cccs1. The predicted octanol–water partition coefficient (Wildman–Crippen LogP) is 3.95. The van der Waals surface area contributed by atoms with Gasteiger partial charge in [-0.05, 0) is 40.4 Å². The molecular weight excluding hydrogens is 274 g/mol. The van der Waals surface area contributed by atoms with Gasteiger partial charge >= 0.3 is 0 Å². The molecule has 0 amide bonds. The molecule has 80 valence electrons. The minimum absolute atomic E-state index is 0.363. The van der Waals surface area contributed by atoms with E-state index >= 15 is 0 Å². The molecule has 0 saturated carbocycles. The lowest BCUT2D eigenvalue weighted by molar-refractivity contribution is 0.460. The molecule has 0 spiro atoms. The summed E-state index contributed by atoms with van der Waals surface area (Å²) in [6.45, 7) is 2.90. The van der Waals surface area contributed by atoms with Crippen molar-refractivity contribution in [3.63, 3.8) is 0 Å². The zero-order chi connectivity index (χ0) is 10.7. The van der Waals surface area contributed by atoms with Crippen LogP contribution in [0.3, 0.4) is 0 Å². The average molecular weight is 286 g/mol. The van der Waals surface area contributed by atoms with Crippen LogP contribution in [0, 0.1) is 0 Å². The van der Waals surface area contributed by atoms with Gasteiger partial charge in [0.05, 0.1) is 17.3 Å². The highest BCUT2D eigenvalue weighted by molar-refractivity contribution is 9.10. The van der Waals surface area contributed by atoms with Crippen LogP contribution in [-0.4, -0.2) is 0 Å². The van der Waals surface area contributed by atoms with Gasteiger partial charge < -0.3 is 9.73 Å². The molecule has 0 saturated heterocycles. The van der Waals surface area contributed by atoms with E-state index in [1.165, 1.54) is 4.88 Å². The molecule has 0 aliphatic rings. The van der Waals surface area contributed by atoms with Gasteiger partial charge in [0.15, 0.2) is 0 Å². The summed E-state index contributed by atoms with van der Waals surface area (Å²) >= 11 is 5.20. The van der Waals surface area contributed by atoms with Gasteiger partial charge in [-0.15, -0.1) is 11.3 Å². The van der Waals surface area contributed by atoms with Crippen LogP contribution in [0.4, 0.5) is 0 Å². The van der Waals surface area contributed by atoms with E-state index < -0.39 is 0 Å². The quantitative estimate of drug-likeness (QED) is 0.920. The third kappa shape index (κ3) is 2.71.